The van der Waals surface area contributed by atoms with Crippen molar-refractivity contribution in [2.75, 3.05) is 46.4 Å². The number of likely N-dealkylation sites (tertiary alicyclic amines) is 1. The molecule has 1 aliphatic rings. The number of benzene rings is 1. The third-order valence-corrected chi connectivity index (χ3v) is 4.56. The first-order valence-corrected chi connectivity index (χ1v) is 9.15. The van der Waals surface area contributed by atoms with E-state index in [-0.39, 0.29) is 6.04 Å². The van der Waals surface area contributed by atoms with Crippen molar-refractivity contribution in [3.63, 3.8) is 0 Å². The summed E-state index contributed by atoms with van der Waals surface area (Å²) in [5, 5.41) is 6.82. The summed E-state index contributed by atoms with van der Waals surface area (Å²) < 4.78 is 5.17. The first kappa shape index (κ1) is 19.5. The maximum Gasteiger partial charge on any atom is 0.191 e. The first-order chi connectivity index (χ1) is 12.2. The Morgan fingerprint density at radius 3 is 2.96 bits per heavy atom. The van der Waals surface area contributed by atoms with E-state index in [2.05, 4.69) is 53.3 Å². The van der Waals surface area contributed by atoms with Crippen LogP contribution >= 0.6 is 0 Å². The van der Waals surface area contributed by atoms with Gasteiger partial charge in [-0.25, -0.2) is 0 Å². The molecule has 0 unspecified atom stereocenters. The average molecular weight is 345 g/mol. The Morgan fingerprint density at radius 2 is 2.24 bits per heavy atom. The van der Waals surface area contributed by atoms with Crippen molar-refractivity contribution in [3.8, 4) is 0 Å². The molecule has 1 aliphatic heterocycles. The fourth-order valence-electron chi connectivity index (χ4n) is 3.06. The predicted octanol–water partition coefficient (Wildman–Crippen LogP) is 2.44. The number of hydrogen-bond acceptors (Lipinski definition) is 3. The van der Waals surface area contributed by atoms with Gasteiger partial charge in [0.15, 0.2) is 5.96 Å². The minimum Gasteiger partial charge on any atom is -0.383 e. The van der Waals surface area contributed by atoms with Crippen LogP contribution < -0.4 is 10.6 Å². The quantitative estimate of drug-likeness (QED) is 0.410. The first-order valence-electron chi connectivity index (χ1n) is 9.15. The van der Waals surface area contributed by atoms with E-state index in [4.69, 9.17) is 9.73 Å². The number of aliphatic imine (C=N–C) groups is 1. The number of ether oxygens (including phenoxy) is 1. The summed E-state index contributed by atoms with van der Waals surface area (Å²) in [5.41, 5.74) is 1.25. The lowest BCUT2D eigenvalue weighted by atomic mass is 10.1. The van der Waals surface area contributed by atoms with Crippen LogP contribution in [-0.4, -0.2) is 57.3 Å². The number of rotatable bonds is 9. The summed E-state index contributed by atoms with van der Waals surface area (Å²) in [4.78, 5) is 7.27. The molecule has 0 spiro atoms. The highest BCUT2D eigenvalue weighted by Gasteiger charge is 2.21. The lowest BCUT2D eigenvalue weighted by Crippen LogP contribution is -2.39. The standard InChI is InChI=1S/C20H32N4O/c1-4-11-21-20(23-17(2)19-8-6-5-7-9-19)22-15-18-10-12-24(16-18)13-14-25-3/h4-9,17-18H,1,10-16H2,2-3H3,(H2,21,22,23)/t17-,18-/m0/s1. The fourth-order valence-corrected chi connectivity index (χ4v) is 3.06. The maximum absolute atomic E-state index is 5.17. The minimum atomic E-state index is 0.207. The summed E-state index contributed by atoms with van der Waals surface area (Å²) >= 11 is 0. The van der Waals surface area contributed by atoms with E-state index in [0.29, 0.717) is 12.5 Å². The van der Waals surface area contributed by atoms with Crippen LogP contribution in [0, 0.1) is 5.92 Å². The predicted molar refractivity (Wildman–Crippen MR) is 105 cm³/mol. The highest BCUT2D eigenvalue weighted by atomic mass is 16.5. The molecule has 1 aromatic carbocycles. The molecule has 138 valence electrons. The normalized spacial score (nSPS) is 19.6. The molecule has 5 nitrogen and oxygen atoms in total. The molecule has 0 radical (unpaired) electrons. The van der Waals surface area contributed by atoms with Gasteiger partial charge < -0.3 is 20.3 Å². The SMILES string of the molecule is C=CCNC(=NC[C@@H]1CCN(CCOC)C1)N[C@@H](C)c1ccccc1. The van der Waals surface area contributed by atoms with Gasteiger partial charge in [0.2, 0.25) is 0 Å². The van der Waals surface area contributed by atoms with E-state index < -0.39 is 0 Å². The Balaban J connectivity index is 1.88. The van der Waals surface area contributed by atoms with Crippen LogP contribution in [0.3, 0.4) is 0 Å². The van der Waals surface area contributed by atoms with Gasteiger partial charge in [0.05, 0.1) is 12.6 Å². The highest BCUT2D eigenvalue weighted by Crippen LogP contribution is 2.16. The number of guanidine groups is 1. The van der Waals surface area contributed by atoms with Crippen molar-refractivity contribution < 1.29 is 4.74 Å². The smallest absolute Gasteiger partial charge is 0.191 e. The van der Waals surface area contributed by atoms with Crippen molar-refractivity contribution in [2.45, 2.75) is 19.4 Å². The van der Waals surface area contributed by atoms with Gasteiger partial charge in [-0.1, -0.05) is 36.4 Å². The zero-order chi connectivity index (χ0) is 17.9. The largest absolute Gasteiger partial charge is 0.383 e. The van der Waals surface area contributed by atoms with Crippen LogP contribution in [-0.2, 0) is 4.74 Å². The van der Waals surface area contributed by atoms with E-state index in [1.165, 1.54) is 12.0 Å². The molecule has 2 atom stereocenters. The van der Waals surface area contributed by atoms with Crippen molar-refractivity contribution in [2.24, 2.45) is 10.9 Å². The average Bonchev–Trinajstić information content (AvgIpc) is 3.10. The molecule has 1 fully saturated rings. The van der Waals surface area contributed by atoms with Gasteiger partial charge in [-0.05, 0) is 31.4 Å². The number of methoxy groups -OCH3 is 1. The Hall–Kier alpha value is -1.85. The molecule has 1 saturated heterocycles. The topological polar surface area (TPSA) is 48.9 Å². The summed E-state index contributed by atoms with van der Waals surface area (Å²) in [6.45, 7) is 11.6. The van der Waals surface area contributed by atoms with Crippen LogP contribution in [0.25, 0.3) is 0 Å². The Morgan fingerprint density at radius 1 is 1.44 bits per heavy atom. The van der Waals surface area contributed by atoms with Crippen LogP contribution in [0.15, 0.2) is 48.0 Å². The van der Waals surface area contributed by atoms with E-state index in [9.17, 15) is 0 Å². The number of hydrogen-bond donors (Lipinski definition) is 2. The highest BCUT2D eigenvalue weighted by molar-refractivity contribution is 5.80. The minimum absolute atomic E-state index is 0.207. The van der Waals surface area contributed by atoms with Gasteiger partial charge in [-0.2, -0.15) is 0 Å². The van der Waals surface area contributed by atoms with E-state index in [0.717, 1.165) is 38.7 Å². The monoisotopic (exact) mass is 344 g/mol. The second kappa shape index (κ2) is 10.9. The van der Waals surface area contributed by atoms with Gasteiger partial charge >= 0.3 is 0 Å². The maximum atomic E-state index is 5.17. The summed E-state index contributed by atoms with van der Waals surface area (Å²) in [6, 6.07) is 10.6. The number of nitrogens with zero attached hydrogens (tertiary/aromatic N) is 2. The molecule has 0 saturated carbocycles. The Labute approximate surface area is 152 Å². The molecule has 2 rings (SSSR count). The Kier molecular flexibility index (Phi) is 8.49. The summed E-state index contributed by atoms with van der Waals surface area (Å²) in [6.07, 6.45) is 3.06. The zero-order valence-corrected chi connectivity index (χ0v) is 15.6. The lowest BCUT2D eigenvalue weighted by Gasteiger charge is -2.19. The van der Waals surface area contributed by atoms with E-state index >= 15 is 0 Å². The Bertz CT molecular complexity index is 532. The van der Waals surface area contributed by atoms with Gasteiger partial charge in [-0.15, -0.1) is 6.58 Å². The molecule has 1 aromatic rings. The fraction of sp³-hybridized carbons (Fsp3) is 0.550. The summed E-state index contributed by atoms with van der Waals surface area (Å²) in [5.74, 6) is 1.47. The zero-order valence-electron chi connectivity index (χ0n) is 15.6. The van der Waals surface area contributed by atoms with E-state index in [1.807, 2.05) is 12.1 Å². The van der Waals surface area contributed by atoms with Gasteiger partial charge in [0, 0.05) is 33.3 Å². The third kappa shape index (κ3) is 6.88. The van der Waals surface area contributed by atoms with Gasteiger partial charge in [-0.3, -0.25) is 4.99 Å². The summed E-state index contributed by atoms with van der Waals surface area (Å²) in [7, 11) is 1.76. The molecule has 0 aromatic heterocycles. The molecule has 1 heterocycles. The van der Waals surface area contributed by atoms with Crippen molar-refractivity contribution in [1.29, 1.82) is 0 Å². The van der Waals surface area contributed by atoms with Crippen LogP contribution in [0.4, 0.5) is 0 Å². The lowest BCUT2D eigenvalue weighted by molar-refractivity contribution is 0.159. The number of nitrogens with one attached hydrogen (secondary N) is 2. The third-order valence-electron chi connectivity index (χ3n) is 4.56. The van der Waals surface area contributed by atoms with Gasteiger partial charge in [0.1, 0.15) is 0 Å². The second-order valence-electron chi connectivity index (χ2n) is 6.58. The van der Waals surface area contributed by atoms with Gasteiger partial charge in [0.25, 0.3) is 0 Å². The molecule has 0 amide bonds. The van der Waals surface area contributed by atoms with Crippen LogP contribution in [0.1, 0.15) is 24.9 Å². The molecular weight excluding hydrogens is 312 g/mol. The molecule has 2 N–H and O–H groups in total. The van der Waals surface area contributed by atoms with E-state index in [1.54, 1.807) is 7.11 Å². The van der Waals surface area contributed by atoms with Crippen LogP contribution in [0.5, 0.6) is 0 Å². The molecule has 0 bridgehead atoms. The molecule has 0 aliphatic carbocycles. The van der Waals surface area contributed by atoms with Crippen molar-refractivity contribution in [3.05, 3.63) is 48.6 Å². The van der Waals surface area contributed by atoms with Crippen molar-refractivity contribution in [1.82, 2.24) is 15.5 Å². The molecule has 25 heavy (non-hydrogen) atoms. The molecular formula is C20H32N4O. The van der Waals surface area contributed by atoms with Crippen LogP contribution in [0.2, 0.25) is 0 Å². The van der Waals surface area contributed by atoms with Crippen molar-refractivity contribution >= 4 is 5.96 Å². The second-order valence-corrected chi connectivity index (χ2v) is 6.58. The molecule has 5 heteroatoms.